The van der Waals surface area contributed by atoms with E-state index < -0.39 is 22.6 Å². The number of amides is 2. The van der Waals surface area contributed by atoms with E-state index in [0.29, 0.717) is 112 Å². The molecule has 3 saturated carbocycles. The van der Waals surface area contributed by atoms with Crippen LogP contribution >= 0.6 is 12.4 Å². The number of carbonyl (C=O) groups is 3. The number of aliphatic hydroxyl groups excluding tert-OH is 1. The van der Waals surface area contributed by atoms with Gasteiger partial charge in [0.1, 0.15) is 57.3 Å². The fraction of sp³-hybridized carbons (Fsp3) is 0.429. The second kappa shape index (κ2) is 37.8. The molecule has 0 bridgehead atoms. The minimum Gasteiger partial charge on any atom is -0.496 e. The highest BCUT2D eigenvalue weighted by Crippen LogP contribution is 2.43. The average Bonchev–Trinajstić information content (AvgIpc) is 1.46. The fourth-order valence-corrected chi connectivity index (χ4v) is 14.7. The number of halogens is 1. The molecule has 0 spiro atoms. The Balaban J connectivity index is 0.000000164. The van der Waals surface area contributed by atoms with E-state index in [0.717, 1.165) is 75.8 Å². The number of benzene rings is 3. The zero-order valence-corrected chi connectivity index (χ0v) is 74.8. The van der Waals surface area contributed by atoms with Gasteiger partial charge in [0.05, 0.1) is 107 Å². The first-order valence-corrected chi connectivity index (χ1v) is 45.8. The van der Waals surface area contributed by atoms with Crippen molar-refractivity contribution in [3.63, 3.8) is 0 Å². The number of carboxylic acids is 1. The third-order valence-electron chi connectivity index (χ3n) is 22.3. The van der Waals surface area contributed by atoms with Crippen molar-refractivity contribution in [3.05, 3.63) is 162 Å². The van der Waals surface area contributed by atoms with Crippen LogP contribution < -0.4 is 30.6 Å². The van der Waals surface area contributed by atoms with Crippen LogP contribution in [0.5, 0.6) is 17.2 Å². The maximum Gasteiger partial charge on any atom is 0.339 e. The van der Waals surface area contributed by atoms with Gasteiger partial charge in [-0.1, -0.05) is 59.7 Å². The van der Waals surface area contributed by atoms with E-state index in [9.17, 15) is 24.6 Å². The summed E-state index contributed by atoms with van der Waals surface area (Å²) in [5.41, 5.74) is 16.9. The topological polar surface area (TPSA) is 411 Å². The van der Waals surface area contributed by atoms with E-state index in [1.807, 2.05) is 128 Å². The lowest BCUT2D eigenvalue weighted by atomic mass is 9.99. The van der Waals surface area contributed by atoms with Gasteiger partial charge in [-0.25, -0.2) is 33.8 Å². The molecule has 3 aliphatic rings. The van der Waals surface area contributed by atoms with Crippen LogP contribution in [-0.2, 0) is 8.85 Å². The van der Waals surface area contributed by atoms with Crippen molar-refractivity contribution in [2.75, 3.05) is 57.5 Å². The number of anilines is 3. The summed E-state index contributed by atoms with van der Waals surface area (Å²) in [6.45, 7) is 34.9. The number of carboxylic acid groups (broad SMARTS) is 1. The standard InChI is InChI=1S/C30H40N8O3Si.C24H26N8O3.C15H26N6OSi.C15H16N2O3.ClH/c1-19-14-26(40-6)24(15-23(19)21-16-31-37(17-21)22-12-13-22)29(39)33-27-11-9-10-25(32-27)28-34-35-36-38(28)20(2)18-41-42(7,8)30(3,4)5;1-14-9-21(35-3)19(10-18(14)16-11-25-31(12-16)17-7-8-17)24(34)27-22-6-4-5-20(26-22)23-28-29-30-32(23)15(2)13-33;1-11(10-22-23(5,6)15(2,3)4)21-14(18-19-20-21)12-8-7-9-13(16)17-12;1-9-5-14(20-2)13(15(18)19)6-12(9)10-7-16-17(8-10)11-3-4-11;/h9-11,14-17,20,22H,12-13,18H2,1-8H3,(H,32,33,39);4-6,9-12,15,17,33H,7-8,13H2,1-3H3,(H,26,27,34);7-9,11H,10H2,1-6H3,(H2,16,17);5-8,11H,3-4H2,1-2H3,(H,18,19);1H/t20-;15-;11-;;/m111../s1. The summed E-state index contributed by atoms with van der Waals surface area (Å²) >= 11 is 0. The zero-order valence-electron chi connectivity index (χ0n) is 72.0. The highest BCUT2D eigenvalue weighted by atomic mass is 35.5. The Morgan fingerprint density at radius 1 is 0.496 bits per heavy atom. The number of hydrogen-bond acceptors (Lipinski definition) is 25. The summed E-state index contributed by atoms with van der Waals surface area (Å²) in [5.74, 6) is 2.32. The lowest BCUT2D eigenvalue weighted by molar-refractivity contribution is 0.0692. The maximum absolute atomic E-state index is 13.5. The number of tetrazole rings is 3. The Morgan fingerprint density at radius 2 is 0.818 bits per heavy atom. The molecule has 9 aromatic heterocycles. The molecule has 640 valence electrons. The molecule has 9 heterocycles. The first kappa shape index (κ1) is 89.9. The van der Waals surface area contributed by atoms with Gasteiger partial charge in [-0.2, -0.15) is 15.3 Å². The van der Waals surface area contributed by atoms with Gasteiger partial charge in [-0.3, -0.25) is 23.6 Å². The second-order valence-electron chi connectivity index (χ2n) is 33.6. The summed E-state index contributed by atoms with van der Waals surface area (Å²) < 4.78 is 39.8. The average molecular weight is 1710 g/mol. The largest absolute Gasteiger partial charge is 0.496 e. The molecular weight excluding hydrogens is 1600 g/mol. The van der Waals surface area contributed by atoms with Gasteiger partial charge in [0.15, 0.2) is 16.6 Å². The number of nitrogens with one attached hydrogen (secondary N) is 2. The highest BCUT2D eigenvalue weighted by Gasteiger charge is 2.40. The molecule has 0 saturated heterocycles. The molecule has 34 nitrogen and oxygen atoms in total. The van der Waals surface area contributed by atoms with Crippen molar-refractivity contribution in [1.82, 2.24) is 105 Å². The van der Waals surface area contributed by atoms with Crippen LogP contribution in [0.1, 0.15) is 185 Å². The van der Waals surface area contributed by atoms with Gasteiger partial charge >= 0.3 is 5.97 Å². The number of hydrogen-bond donors (Lipinski definition) is 5. The first-order valence-electron chi connectivity index (χ1n) is 40.0. The van der Waals surface area contributed by atoms with Crippen LogP contribution in [0.2, 0.25) is 36.3 Å². The number of aliphatic hydroxyl groups is 1. The van der Waals surface area contributed by atoms with Crippen molar-refractivity contribution in [2.45, 2.75) is 194 Å². The molecule has 6 N–H and O–H groups in total. The minimum absolute atomic E-state index is 0. The van der Waals surface area contributed by atoms with Crippen LogP contribution in [0.25, 0.3) is 67.9 Å². The van der Waals surface area contributed by atoms with Gasteiger partial charge in [0, 0.05) is 35.3 Å². The summed E-state index contributed by atoms with van der Waals surface area (Å²) in [5, 5.41) is 74.1. The summed E-state index contributed by atoms with van der Waals surface area (Å²) in [6, 6.07) is 27.9. The molecule has 37 heteroatoms. The summed E-state index contributed by atoms with van der Waals surface area (Å²) in [6.07, 6.45) is 18.5. The van der Waals surface area contributed by atoms with E-state index in [1.54, 1.807) is 72.1 Å². The van der Waals surface area contributed by atoms with Crippen molar-refractivity contribution in [2.24, 2.45) is 0 Å². The highest BCUT2D eigenvalue weighted by molar-refractivity contribution is 6.74. The van der Waals surface area contributed by atoms with E-state index in [2.05, 4.69) is 155 Å². The summed E-state index contributed by atoms with van der Waals surface area (Å²) in [4.78, 5) is 51.6. The minimum atomic E-state index is -1.93. The van der Waals surface area contributed by atoms with Gasteiger partial charge in [-0.05, 0) is 254 Å². The number of aromatic nitrogens is 21. The molecule has 15 rings (SSSR count). The number of aromatic carboxylic acids is 1. The fourth-order valence-electron chi connectivity index (χ4n) is 12.5. The Bertz CT molecular complexity index is 5620. The molecule has 3 atom stereocenters. The zero-order chi connectivity index (χ0) is 86.3. The molecule has 3 aliphatic carbocycles. The molecule has 0 radical (unpaired) electrons. The van der Waals surface area contributed by atoms with Crippen molar-refractivity contribution in [3.8, 4) is 85.2 Å². The van der Waals surface area contributed by atoms with Gasteiger partial charge in [0.2, 0.25) is 17.5 Å². The molecule has 0 aliphatic heterocycles. The molecule has 3 fully saturated rings. The van der Waals surface area contributed by atoms with Crippen LogP contribution in [-0.4, -0.2) is 191 Å². The molecule has 121 heavy (non-hydrogen) atoms. The van der Waals surface area contributed by atoms with Gasteiger partial charge in [0.25, 0.3) is 11.8 Å². The smallest absolute Gasteiger partial charge is 0.339 e. The molecule has 2 amide bonds. The number of aryl methyl sites for hydroxylation is 3. The number of nitrogens with zero attached hydrogens (tertiary/aromatic N) is 21. The lowest BCUT2D eigenvalue weighted by Crippen LogP contribution is -2.42. The number of ether oxygens (including phenoxy) is 3. The van der Waals surface area contributed by atoms with Crippen LogP contribution in [0.3, 0.4) is 0 Å². The molecular formula is C84H109ClN24O10Si2. The Morgan fingerprint density at radius 3 is 1.13 bits per heavy atom. The number of carbonyl (C=O) groups excluding carboxylic acids is 2. The Labute approximate surface area is 711 Å². The maximum atomic E-state index is 13.5. The van der Waals surface area contributed by atoms with Gasteiger partial charge in [-0.15, -0.1) is 27.7 Å². The summed E-state index contributed by atoms with van der Waals surface area (Å²) in [7, 11) is 0.839. The van der Waals surface area contributed by atoms with Crippen molar-refractivity contribution < 1.29 is 47.7 Å². The SMILES string of the molecule is COc1cc(C)c(-c2cnn(C3CC3)c2)cc1C(=O)Nc1cccc(-c2nnnn2[C@H](C)CO)n1.COc1cc(C)c(-c2cnn(C3CC3)c2)cc1C(=O)Nc1cccc(-c2nnnn2[C@H](C)CO[Si](C)(C)C(C)(C)C)n1.COc1cc(C)c(-c2cnn(C3CC3)c2)cc1C(=O)O.C[C@H](CO[Si](C)(C)C(C)(C)C)n1nnnc1-c1cccc(N)n1.Cl. The predicted molar refractivity (Wildman–Crippen MR) is 467 cm³/mol. The number of pyridine rings is 3. The number of nitrogens with two attached hydrogens (primary N) is 1. The van der Waals surface area contributed by atoms with E-state index in [4.69, 9.17) is 28.8 Å². The lowest BCUT2D eigenvalue weighted by Gasteiger charge is -2.36. The van der Waals surface area contributed by atoms with E-state index in [1.165, 1.54) is 31.7 Å². The van der Waals surface area contributed by atoms with E-state index in [-0.39, 0.29) is 64.6 Å². The van der Waals surface area contributed by atoms with E-state index >= 15 is 0 Å². The van der Waals surface area contributed by atoms with Crippen LogP contribution in [0.15, 0.2) is 128 Å². The van der Waals surface area contributed by atoms with Crippen molar-refractivity contribution in [1.29, 1.82) is 0 Å². The molecule has 12 aromatic rings. The Kier molecular flexibility index (Phi) is 28.1. The Hall–Kier alpha value is -11.8. The second-order valence-corrected chi connectivity index (χ2v) is 43.2. The third kappa shape index (κ3) is 21.5. The molecule has 3 aromatic carbocycles. The number of rotatable bonds is 27. The first-order chi connectivity index (χ1) is 57.1. The predicted octanol–water partition coefficient (Wildman–Crippen LogP) is 15.4. The number of methoxy groups -OCH3 is 3. The monoisotopic (exact) mass is 1700 g/mol. The van der Waals surface area contributed by atoms with Crippen molar-refractivity contribution >= 4 is 64.3 Å². The third-order valence-corrected chi connectivity index (χ3v) is 31.3. The number of nitrogen functional groups attached to an aromatic ring is 1. The molecule has 0 unspecified atom stereocenters. The van der Waals surface area contributed by atoms with Crippen LogP contribution in [0, 0.1) is 20.8 Å². The van der Waals surface area contributed by atoms with Gasteiger partial charge < -0.3 is 49.6 Å². The quantitative estimate of drug-likeness (QED) is 0.0298. The normalized spacial score (nSPS) is 14.1. The van der Waals surface area contributed by atoms with Crippen LogP contribution in [0.4, 0.5) is 17.5 Å².